The Hall–Kier alpha value is -1.85. The lowest BCUT2D eigenvalue weighted by molar-refractivity contribution is 0.155. The van der Waals surface area contributed by atoms with Crippen molar-refractivity contribution in [1.29, 1.82) is 0 Å². The Morgan fingerprint density at radius 2 is 2.14 bits per heavy atom. The minimum atomic E-state index is 0.329. The molecule has 118 valence electrons. The maximum absolute atomic E-state index is 6.11. The zero-order valence-corrected chi connectivity index (χ0v) is 13.3. The van der Waals surface area contributed by atoms with Gasteiger partial charge in [0, 0.05) is 31.9 Å². The number of methoxy groups -OCH3 is 1. The standard InChI is InChI=1S/C17H24N4O/c1-13-11-20(10-8-15(13)18)12-14-7-9-19-21(14)16-5-3-4-6-17(16)22-2/h3-7,9,13,15H,8,10-12,18H2,1-2H3. The number of nitrogens with two attached hydrogens (primary N) is 1. The fraction of sp³-hybridized carbons (Fsp3) is 0.471. The van der Waals surface area contributed by atoms with Gasteiger partial charge in [-0.1, -0.05) is 19.1 Å². The molecule has 1 aliphatic heterocycles. The topological polar surface area (TPSA) is 56.3 Å². The van der Waals surface area contributed by atoms with Crippen LogP contribution in [0.4, 0.5) is 0 Å². The number of hydrogen-bond acceptors (Lipinski definition) is 4. The first-order valence-electron chi connectivity index (χ1n) is 7.83. The summed E-state index contributed by atoms with van der Waals surface area (Å²) in [6.07, 6.45) is 2.91. The molecule has 0 radical (unpaired) electrons. The van der Waals surface area contributed by atoms with Gasteiger partial charge in [-0.3, -0.25) is 4.90 Å². The van der Waals surface area contributed by atoms with Crippen LogP contribution in [0.1, 0.15) is 19.0 Å². The van der Waals surface area contributed by atoms with Gasteiger partial charge >= 0.3 is 0 Å². The predicted octanol–water partition coefficient (Wildman–Crippen LogP) is 2.05. The molecule has 2 atom stereocenters. The minimum absolute atomic E-state index is 0.329. The van der Waals surface area contributed by atoms with Gasteiger partial charge in [0.1, 0.15) is 11.4 Å². The number of ether oxygens (including phenoxy) is 1. The number of para-hydroxylation sites is 2. The zero-order chi connectivity index (χ0) is 15.5. The average Bonchev–Trinajstić information content (AvgIpc) is 2.99. The predicted molar refractivity (Wildman–Crippen MR) is 87.1 cm³/mol. The summed E-state index contributed by atoms with van der Waals surface area (Å²) in [4.78, 5) is 2.46. The molecule has 3 rings (SSSR count). The van der Waals surface area contributed by atoms with E-state index in [9.17, 15) is 0 Å². The van der Waals surface area contributed by atoms with E-state index in [0.29, 0.717) is 12.0 Å². The third kappa shape index (κ3) is 3.00. The van der Waals surface area contributed by atoms with Gasteiger partial charge in [-0.05, 0) is 30.5 Å². The van der Waals surface area contributed by atoms with E-state index in [1.165, 1.54) is 5.69 Å². The lowest BCUT2D eigenvalue weighted by Crippen LogP contribution is -2.45. The highest BCUT2D eigenvalue weighted by atomic mass is 16.5. The summed E-state index contributed by atoms with van der Waals surface area (Å²) < 4.78 is 7.42. The molecule has 0 aliphatic carbocycles. The quantitative estimate of drug-likeness (QED) is 0.939. The molecule has 5 heteroatoms. The smallest absolute Gasteiger partial charge is 0.144 e. The third-order valence-electron chi connectivity index (χ3n) is 4.48. The molecular weight excluding hydrogens is 276 g/mol. The Kier molecular flexibility index (Phi) is 4.45. The number of rotatable bonds is 4. The number of likely N-dealkylation sites (tertiary alicyclic amines) is 1. The van der Waals surface area contributed by atoms with Crippen LogP contribution in [0.2, 0.25) is 0 Å². The van der Waals surface area contributed by atoms with Gasteiger partial charge in [-0.15, -0.1) is 0 Å². The van der Waals surface area contributed by atoms with E-state index in [1.54, 1.807) is 7.11 Å². The van der Waals surface area contributed by atoms with Gasteiger partial charge in [0.15, 0.2) is 0 Å². The summed E-state index contributed by atoms with van der Waals surface area (Å²) >= 11 is 0. The second-order valence-electron chi connectivity index (χ2n) is 6.07. The summed E-state index contributed by atoms with van der Waals surface area (Å²) in [5.41, 5.74) is 8.26. The second kappa shape index (κ2) is 6.50. The molecule has 0 spiro atoms. The SMILES string of the molecule is COc1ccccc1-n1nccc1CN1CCC(N)C(C)C1. The monoisotopic (exact) mass is 300 g/mol. The van der Waals surface area contributed by atoms with Crippen molar-refractivity contribution in [2.75, 3.05) is 20.2 Å². The number of piperidine rings is 1. The molecule has 1 aromatic heterocycles. The van der Waals surface area contributed by atoms with E-state index in [0.717, 1.165) is 37.5 Å². The minimum Gasteiger partial charge on any atom is -0.494 e. The number of nitrogens with zero attached hydrogens (tertiary/aromatic N) is 3. The van der Waals surface area contributed by atoms with Crippen LogP contribution in [0.3, 0.4) is 0 Å². The first kappa shape index (κ1) is 15.1. The zero-order valence-electron chi connectivity index (χ0n) is 13.3. The van der Waals surface area contributed by atoms with E-state index < -0.39 is 0 Å². The second-order valence-corrected chi connectivity index (χ2v) is 6.07. The molecule has 2 N–H and O–H groups in total. The van der Waals surface area contributed by atoms with Gasteiger partial charge in [-0.2, -0.15) is 5.10 Å². The maximum Gasteiger partial charge on any atom is 0.144 e. The van der Waals surface area contributed by atoms with Gasteiger partial charge in [0.25, 0.3) is 0 Å². The van der Waals surface area contributed by atoms with E-state index in [2.05, 4.69) is 23.0 Å². The van der Waals surface area contributed by atoms with Crippen molar-refractivity contribution in [3.8, 4) is 11.4 Å². The first-order chi connectivity index (χ1) is 10.7. The summed E-state index contributed by atoms with van der Waals surface area (Å²) in [6.45, 7) is 5.20. The van der Waals surface area contributed by atoms with Crippen molar-refractivity contribution in [3.63, 3.8) is 0 Å². The van der Waals surface area contributed by atoms with E-state index in [1.807, 2.05) is 35.1 Å². The Labute approximate surface area is 131 Å². The van der Waals surface area contributed by atoms with E-state index >= 15 is 0 Å². The molecule has 5 nitrogen and oxygen atoms in total. The van der Waals surface area contributed by atoms with Crippen molar-refractivity contribution < 1.29 is 4.74 Å². The van der Waals surface area contributed by atoms with Gasteiger partial charge in [0.05, 0.1) is 12.8 Å². The van der Waals surface area contributed by atoms with Gasteiger partial charge in [0.2, 0.25) is 0 Å². The highest BCUT2D eigenvalue weighted by molar-refractivity contribution is 5.46. The van der Waals surface area contributed by atoms with Crippen LogP contribution >= 0.6 is 0 Å². The summed E-state index contributed by atoms with van der Waals surface area (Å²) in [6, 6.07) is 10.4. The lowest BCUT2D eigenvalue weighted by atomic mass is 9.95. The molecule has 2 unspecified atom stereocenters. The van der Waals surface area contributed by atoms with Crippen molar-refractivity contribution in [2.24, 2.45) is 11.7 Å². The van der Waals surface area contributed by atoms with Gasteiger partial charge < -0.3 is 10.5 Å². The molecule has 1 saturated heterocycles. The van der Waals surface area contributed by atoms with Crippen LogP contribution in [0.25, 0.3) is 5.69 Å². The Morgan fingerprint density at radius 1 is 1.32 bits per heavy atom. The highest BCUT2D eigenvalue weighted by Crippen LogP contribution is 2.24. The van der Waals surface area contributed by atoms with Gasteiger partial charge in [-0.25, -0.2) is 4.68 Å². The fourth-order valence-corrected chi connectivity index (χ4v) is 3.09. The molecule has 0 saturated carbocycles. The van der Waals surface area contributed by atoms with Crippen LogP contribution in [0, 0.1) is 5.92 Å². The Balaban J connectivity index is 1.81. The molecular formula is C17H24N4O. The number of benzene rings is 1. The first-order valence-corrected chi connectivity index (χ1v) is 7.83. The van der Waals surface area contributed by atoms with Crippen LogP contribution in [-0.4, -0.2) is 40.9 Å². The van der Waals surface area contributed by atoms with Crippen LogP contribution in [0.5, 0.6) is 5.75 Å². The maximum atomic E-state index is 6.11. The van der Waals surface area contributed by atoms with Crippen LogP contribution in [-0.2, 0) is 6.54 Å². The fourth-order valence-electron chi connectivity index (χ4n) is 3.09. The normalized spacial score (nSPS) is 22.7. The van der Waals surface area contributed by atoms with Crippen LogP contribution in [0.15, 0.2) is 36.5 Å². The third-order valence-corrected chi connectivity index (χ3v) is 4.48. The summed E-state index contributed by atoms with van der Waals surface area (Å²) in [7, 11) is 1.69. The summed E-state index contributed by atoms with van der Waals surface area (Å²) in [5.74, 6) is 1.37. The molecule has 2 heterocycles. The molecule has 1 aromatic carbocycles. The largest absolute Gasteiger partial charge is 0.494 e. The number of aromatic nitrogens is 2. The Bertz CT molecular complexity index is 625. The van der Waals surface area contributed by atoms with Crippen molar-refractivity contribution >= 4 is 0 Å². The van der Waals surface area contributed by atoms with Crippen molar-refractivity contribution in [1.82, 2.24) is 14.7 Å². The van der Waals surface area contributed by atoms with E-state index in [4.69, 9.17) is 10.5 Å². The lowest BCUT2D eigenvalue weighted by Gasteiger charge is -2.35. The molecule has 2 aromatic rings. The van der Waals surface area contributed by atoms with E-state index in [-0.39, 0.29) is 0 Å². The highest BCUT2D eigenvalue weighted by Gasteiger charge is 2.24. The molecule has 1 aliphatic rings. The van der Waals surface area contributed by atoms with Crippen molar-refractivity contribution in [3.05, 3.63) is 42.2 Å². The number of hydrogen-bond donors (Lipinski definition) is 1. The van der Waals surface area contributed by atoms with Crippen LogP contribution < -0.4 is 10.5 Å². The van der Waals surface area contributed by atoms with Crippen molar-refractivity contribution in [2.45, 2.75) is 25.9 Å². The molecule has 22 heavy (non-hydrogen) atoms. The summed E-state index contributed by atoms with van der Waals surface area (Å²) in [5, 5.41) is 4.48. The average molecular weight is 300 g/mol. The molecule has 1 fully saturated rings. The Morgan fingerprint density at radius 3 is 2.91 bits per heavy atom. The molecule has 0 bridgehead atoms. The molecule has 0 amide bonds.